The Morgan fingerprint density at radius 3 is 2.48 bits per heavy atom. The average Bonchev–Trinajstić information content (AvgIpc) is 2.43. The predicted octanol–water partition coefficient (Wildman–Crippen LogP) is 2.68. The van der Waals surface area contributed by atoms with Crippen LogP contribution in [-0.2, 0) is 21.5 Å². The van der Waals surface area contributed by atoms with Crippen LogP contribution in [0.1, 0.15) is 48.7 Å². The van der Waals surface area contributed by atoms with Crippen LogP contribution in [0.3, 0.4) is 0 Å². The van der Waals surface area contributed by atoms with E-state index in [1.807, 2.05) is 12.1 Å². The largest absolute Gasteiger partial charge is 0.478 e. The number of hydrogen-bond acceptors (Lipinski definition) is 4. The standard InChI is InChI=1S/C18H25NO4/c1-18(2,3)15-7-5-6-13(17(21)22)14(15)11-19-9-12(10-19)8-16(20)23-4/h5-7,12H,8-11H2,1-4H3,(H,21,22). The molecule has 0 unspecified atom stereocenters. The summed E-state index contributed by atoms with van der Waals surface area (Å²) in [6.45, 7) is 8.47. The highest BCUT2D eigenvalue weighted by molar-refractivity contribution is 5.90. The number of nitrogens with zero attached hydrogens (tertiary/aromatic N) is 1. The first-order chi connectivity index (χ1) is 10.7. The van der Waals surface area contributed by atoms with E-state index in [1.54, 1.807) is 6.07 Å². The molecule has 5 heteroatoms. The molecule has 126 valence electrons. The zero-order chi connectivity index (χ0) is 17.2. The fourth-order valence-corrected chi connectivity index (χ4v) is 3.14. The van der Waals surface area contributed by atoms with Gasteiger partial charge in [-0.1, -0.05) is 32.9 Å². The lowest BCUT2D eigenvalue weighted by molar-refractivity contribution is -0.143. The van der Waals surface area contributed by atoms with Gasteiger partial charge >= 0.3 is 11.9 Å². The first-order valence-corrected chi connectivity index (χ1v) is 7.87. The maximum Gasteiger partial charge on any atom is 0.336 e. The summed E-state index contributed by atoms with van der Waals surface area (Å²) in [5.74, 6) is -0.772. The highest BCUT2D eigenvalue weighted by Crippen LogP contribution is 2.31. The third-order valence-electron chi connectivity index (χ3n) is 4.31. The molecule has 0 spiro atoms. The normalized spacial score (nSPS) is 16.0. The second kappa shape index (κ2) is 6.71. The van der Waals surface area contributed by atoms with Gasteiger partial charge in [0.25, 0.3) is 0 Å². The van der Waals surface area contributed by atoms with E-state index < -0.39 is 5.97 Å². The van der Waals surface area contributed by atoms with Crippen LogP contribution in [0.25, 0.3) is 0 Å². The van der Waals surface area contributed by atoms with Gasteiger partial charge in [-0.25, -0.2) is 4.79 Å². The van der Waals surface area contributed by atoms with Crippen LogP contribution in [0.2, 0.25) is 0 Å². The van der Waals surface area contributed by atoms with Crippen molar-refractivity contribution in [2.45, 2.75) is 39.2 Å². The molecule has 23 heavy (non-hydrogen) atoms. The van der Waals surface area contributed by atoms with Crippen LogP contribution in [0.5, 0.6) is 0 Å². The molecule has 5 nitrogen and oxygen atoms in total. The number of esters is 1. The smallest absolute Gasteiger partial charge is 0.336 e. The maximum absolute atomic E-state index is 11.6. The van der Waals surface area contributed by atoms with Crippen molar-refractivity contribution in [2.24, 2.45) is 5.92 Å². The van der Waals surface area contributed by atoms with E-state index >= 15 is 0 Å². The molecular formula is C18H25NO4. The number of carbonyl (C=O) groups is 2. The Bertz CT molecular complexity index is 598. The second-order valence-corrected chi connectivity index (χ2v) is 7.23. The lowest BCUT2D eigenvalue weighted by Crippen LogP contribution is -2.47. The molecule has 0 radical (unpaired) electrons. The third kappa shape index (κ3) is 4.10. The summed E-state index contributed by atoms with van der Waals surface area (Å²) in [6.07, 6.45) is 0.430. The van der Waals surface area contributed by atoms with Gasteiger partial charge in [0.1, 0.15) is 0 Å². The first kappa shape index (κ1) is 17.5. The van der Waals surface area contributed by atoms with E-state index in [1.165, 1.54) is 7.11 Å². The minimum Gasteiger partial charge on any atom is -0.478 e. The number of aromatic carboxylic acids is 1. The fourth-order valence-electron chi connectivity index (χ4n) is 3.14. The van der Waals surface area contributed by atoms with E-state index in [4.69, 9.17) is 0 Å². The number of carbonyl (C=O) groups excluding carboxylic acids is 1. The number of carboxylic acid groups (broad SMARTS) is 1. The minimum atomic E-state index is -0.891. The number of likely N-dealkylation sites (tertiary alicyclic amines) is 1. The number of methoxy groups -OCH3 is 1. The van der Waals surface area contributed by atoms with Crippen molar-refractivity contribution in [1.82, 2.24) is 4.90 Å². The van der Waals surface area contributed by atoms with Crippen molar-refractivity contribution in [1.29, 1.82) is 0 Å². The molecule has 0 atom stereocenters. The Morgan fingerprint density at radius 2 is 1.96 bits per heavy atom. The first-order valence-electron chi connectivity index (χ1n) is 7.87. The van der Waals surface area contributed by atoms with E-state index in [2.05, 4.69) is 30.4 Å². The summed E-state index contributed by atoms with van der Waals surface area (Å²) in [5, 5.41) is 9.48. The zero-order valence-electron chi connectivity index (χ0n) is 14.3. The van der Waals surface area contributed by atoms with Crippen molar-refractivity contribution < 1.29 is 19.4 Å². The molecule has 2 rings (SSSR count). The van der Waals surface area contributed by atoms with E-state index in [-0.39, 0.29) is 11.4 Å². The van der Waals surface area contributed by atoms with E-state index in [9.17, 15) is 14.7 Å². The number of carboxylic acids is 1. The highest BCUT2D eigenvalue weighted by Gasteiger charge is 2.31. The van der Waals surface area contributed by atoms with Crippen LogP contribution < -0.4 is 0 Å². The molecule has 1 N–H and O–H groups in total. The van der Waals surface area contributed by atoms with Crippen molar-refractivity contribution >= 4 is 11.9 Å². The van der Waals surface area contributed by atoms with Crippen molar-refractivity contribution in [3.05, 3.63) is 34.9 Å². The SMILES string of the molecule is COC(=O)CC1CN(Cc2c(C(=O)O)cccc2C(C)(C)C)C1. The Morgan fingerprint density at radius 1 is 1.30 bits per heavy atom. The second-order valence-electron chi connectivity index (χ2n) is 7.23. The van der Waals surface area contributed by atoms with Crippen LogP contribution in [-0.4, -0.2) is 42.1 Å². The zero-order valence-corrected chi connectivity index (χ0v) is 14.3. The molecular weight excluding hydrogens is 294 g/mol. The molecule has 1 saturated heterocycles. The van der Waals surface area contributed by atoms with Gasteiger partial charge in [0.15, 0.2) is 0 Å². The van der Waals surface area contributed by atoms with Crippen LogP contribution in [0.15, 0.2) is 18.2 Å². The van der Waals surface area contributed by atoms with Gasteiger partial charge in [-0.05, 0) is 28.5 Å². The summed E-state index contributed by atoms with van der Waals surface area (Å²) in [6, 6.07) is 5.48. The molecule has 1 fully saturated rings. The Balaban J connectivity index is 2.14. The molecule has 0 bridgehead atoms. The van der Waals surface area contributed by atoms with E-state index in [0.29, 0.717) is 24.4 Å². The Hall–Kier alpha value is -1.88. The highest BCUT2D eigenvalue weighted by atomic mass is 16.5. The molecule has 1 aromatic carbocycles. The van der Waals surface area contributed by atoms with Gasteiger partial charge < -0.3 is 9.84 Å². The molecule has 0 saturated carbocycles. The van der Waals surface area contributed by atoms with Gasteiger partial charge in [0.05, 0.1) is 19.1 Å². The summed E-state index contributed by atoms with van der Waals surface area (Å²) >= 11 is 0. The molecule has 0 aliphatic carbocycles. The van der Waals surface area contributed by atoms with E-state index in [0.717, 1.165) is 24.2 Å². The van der Waals surface area contributed by atoms with Crippen molar-refractivity contribution in [3.63, 3.8) is 0 Å². The molecule has 0 aromatic heterocycles. The van der Waals surface area contributed by atoms with Crippen LogP contribution in [0.4, 0.5) is 0 Å². The van der Waals surface area contributed by atoms with Crippen LogP contribution >= 0.6 is 0 Å². The lowest BCUT2D eigenvalue weighted by Gasteiger charge is -2.40. The summed E-state index contributed by atoms with van der Waals surface area (Å²) < 4.78 is 4.69. The summed E-state index contributed by atoms with van der Waals surface area (Å²) in [5.41, 5.74) is 2.20. The summed E-state index contributed by atoms with van der Waals surface area (Å²) in [4.78, 5) is 25.0. The number of benzene rings is 1. The van der Waals surface area contributed by atoms with Crippen LogP contribution in [0, 0.1) is 5.92 Å². The van der Waals surface area contributed by atoms with Gasteiger partial charge in [0, 0.05) is 19.6 Å². The third-order valence-corrected chi connectivity index (χ3v) is 4.31. The topological polar surface area (TPSA) is 66.8 Å². The number of ether oxygens (including phenoxy) is 1. The predicted molar refractivity (Wildman–Crippen MR) is 87.5 cm³/mol. The lowest BCUT2D eigenvalue weighted by atomic mass is 9.81. The van der Waals surface area contributed by atoms with Gasteiger partial charge in [0.2, 0.25) is 0 Å². The fraction of sp³-hybridized carbons (Fsp3) is 0.556. The minimum absolute atomic E-state index is 0.114. The molecule has 1 heterocycles. The maximum atomic E-state index is 11.6. The van der Waals surface area contributed by atoms with Gasteiger partial charge in [-0.15, -0.1) is 0 Å². The number of rotatable bonds is 5. The van der Waals surface area contributed by atoms with Crippen molar-refractivity contribution in [3.8, 4) is 0 Å². The van der Waals surface area contributed by atoms with Gasteiger partial charge in [-0.2, -0.15) is 0 Å². The quantitative estimate of drug-likeness (QED) is 0.845. The summed E-state index contributed by atoms with van der Waals surface area (Å²) in [7, 11) is 1.40. The molecule has 1 aromatic rings. The van der Waals surface area contributed by atoms with Gasteiger partial charge in [-0.3, -0.25) is 9.69 Å². The Labute approximate surface area is 137 Å². The molecule has 1 aliphatic rings. The number of hydrogen-bond donors (Lipinski definition) is 1. The average molecular weight is 319 g/mol. The Kier molecular flexibility index (Phi) is 5.09. The monoisotopic (exact) mass is 319 g/mol. The van der Waals surface area contributed by atoms with Crippen molar-refractivity contribution in [2.75, 3.05) is 20.2 Å². The molecule has 0 amide bonds. The molecule has 1 aliphatic heterocycles.